The summed E-state index contributed by atoms with van der Waals surface area (Å²) in [6.45, 7) is 0. The third-order valence-electron chi connectivity index (χ3n) is 14.6. The maximum atomic E-state index is 14.5. The van der Waals surface area contributed by atoms with E-state index < -0.39 is 11.5 Å². The van der Waals surface area contributed by atoms with Crippen LogP contribution in [0.2, 0.25) is 0 Å². The van der Waals surface area contributed by atoms with Gasteiger partial charge in [0.2, 0.25) is 0 Å². The second-order valence-corrected chi connectivity index (χ2v) is 18.2. The molecule has 4 aliphatic rings. The molecular formula is C60H43N5O2. The van der Waals surface area contributed by atoms with Gasteiger partial charge in [0, 0.05) is 62.1 Å². The first-order valence-electron chi connectivity index (χ1n) is 23.1. The van der Waals surface area contributed by atoms with Gasteiger partial charge in [0.05, 0.1) is 29.4 Å². The van der Waals surface area contributed by atoms with E-state index in [0.29, 0.717) is 23.4 Å². The number of fused-ring (bicyclic) bond motifs is 15. The summed E-state index contributed by atoms with van der Waals surface area (Å²) in [5, 5.41) is 14.5. The van der Waals surface area contributed by atoms with Gasteiger partial charge in [0.15, 0.2) is 0 Å². The van der Waals surface area contributed by atoms with Crippen molar-refractivity contribution in [3.8, 4) is 44.5 Å². The Hall–Kier alpha value is -8.42. The first-order chi connectivity index (χ1) is 33.0. The summed E-state index contributed by atoms with van der Waals surface area (Å²) in [6, 6.07) is 66.9. The fraction of sp³-hybridized carbons (Fsp3) is 0.100. The minimum atomic E-state index is -1.59. The van der Waals surface area contributed by atoms with Crippen molar-refractivity contribution in [1.82, 2.24) is 19.9 Å². The lowest BCUT2D eigenvalue weighted by molar-refractivity contribution is -0.584. The molecule has 13 rings (SSSR count). The van der Waals surface area contributed by atoms with E-state index in [4.69, 9.17) is 9.97 Å². The number of nitro groups is 1. The van der Waals surface area contributed by atoms with Gasteiger partial charge in [-0.25, -0.2) is 9.97 Å². The zero-order valence-electron chi connectivity index (χ0n) is 36.5. The number of nitrogens with zero attached hydrogens (tertiary/aromatic N) is 3. The Kier molecular flexibility index (Phi) is 8.93. The highest BCUT2D eigenvalue weighted by Gasteiger charge is 2.62. The van der Waals surface area contributed by atoms with E-state index in [1.807, 2.05) is 54.6 Å². The Morgan fingerprint density at radius 2 is 0.836 bits per heavy atom. The number of nitrogens with one attached hydrogen (secondary N) is 2. The molecule has 7 nitrogen and oxygen atoms in total. The van der Waals surface area contributed by atoms with Crippen LogP contribution in [0.3, 0.4) is 0 Å². The van der Waals surface area contributed by atoms with Crippen LogP contribution < -0.4 is 0 Å². The fourth-order valence-electron chi connectivity index (χ4n) is 11.5. The highest BCUT2D eigenvalue weighted by Crippen LogP contribution is 2.56. The predicted molar refractivity (Wildman–Crippen MR) is 269 cm³/mol. The average Bonchev–Trinajstić information content (AvgIpc) is 4.19. The SMILES string of the molecule is O=[N+]([O-])C12Cc3ccccc3CC1c1nc2c(-c2ccccc2)c2ccc([nH]2)c(-c2ccccc2)c2nc(c(-c3ccccc3)c3ccc([nH]3)c1-c1ccccc1)C1=C2Cc2ccccc2C1. The van der Waals surface area contributed by atoms with Gasteiger partial charge in [-0.1, -0.05) is 170 Å². The van der Waals surface area contributed by atoms with Crippen LogP contribution in [0.1, 0.15) is 50.9 Å². The first kappa shape index (κ1) is 39.0. The van der Waals surface area contributed by atoms with E-state index in [1.165, 1.54) is 22.3 Å². The predicted octanol–water partition coefficient (Wildman–Crippen LogP) is 13.7. The summed E-state index contributed by atoms with van der Waals surface area (Å²) in [4.78, 5) is 34.0. The van der Waals surface area contributed by atoms with Gasteiger partial charge in [-0.05, 0) is 86.3 Å². The summed E-state index contributed by atoms with van der Waals surface area (Å²) in [7, 11) is 0. The van der Waals surface area contributed by atoms with Gasteiger partial charge < -0.3 is 9.97 Å². The number of hydrogen-bond donors (Lipinski definition) is 2. The van der Waals surface area contributed by atoms with E-state index in [-0.39, 0.29) is 11.3 Å². The minimum absolute atomic E-state index is 0.0226. The Bertz CT molecular complexity index is 3670. The van der Waals surface area contributed by atoms with Crippen LogP contribution in [0.15, 0.2) is 194 Å². The molecule has 0 amide bonds. The summed E-state index contributed by atoms with van der Waals surface area (Å²) in [5.74, 6) is -0.590. The third kappa shape index (κ3) is 6.11. The number of rotatable bonds is 5. The van der Waals surface area contributed by atoms with Crippen molar-refractivity contribution in [3.63, 3.8) is 0 Å². The van der Waals surface area contributed by atoms with Crippen molar-refractivity contribution in [1.29, 1.82) is 0 Å². The van der Waals surface area contributed by atoms with Crippen molar-refractivity contribution in [3.05, 3.63) is 249 Å². The van der Waals surface area contributed by atoms with E-state index in [0.717, 1.165) is 96.4 Å². The van der Waals surface area contributed by atoms with Crippen LogP contribution in [0.25, 0.3) is 77.7 Å². The lowest BCUT2D eigenvalue weighted by atomic mass is 9.67. The zero-order chi connectivity index (χ0) is 44.6. The molecule has 5 heterocycles. The molecule has 320 valence electrons. The van der Waals surface area contributed by atoms with Crippen molar-refractivity contribution in [2.45, 2.75) is 37.1 Å². The van der Waals surface area contributed by atoms with Gasteiger partial charge in [-0.2, -0.15) is 0 Å². The molecule has 2 N–H and O–H groups in total. The number of hydrogen-bond acceptors (Lipinski definition) is 4. The molecule has 0 spiro atoms. The zero-order valence-corrected chi connectivity index (χ0v) is 36.5. The molecule has 0 fully saturated rings. The maximum absolute atomic E-state index is 14.5. The maximum Gasteiger partial charge on any atom is 0.276 e. The van der Waals surface area contributed by atoms with Gasteiger partial charge >= 0.3 is 0 Å². The minimum Gasteiger partial charge on any atom is -0.354 e. The van der Waals surface area contributed by atoms with Crippen molar-refractivity contribution < 1.29 is 4.92 Å². The Labute approximate surface area is 387 Å². The number of aromatic nitrogens is 4. The standard InChI is InChI=1S/C60H43N5O2/c66-65(67)60-36-44-28-16-15-27-43(44)35-47(60)58-54(39-21-9-3-10-22-39)50-30-29-48(61-50)52(37-17-5-1-6-18-37)56-45-33-41-25-13-14-26-42(41)34-46(45)57(63-56)53(38-19-7-2-8-20-38)49-31-32-51(62-49)55(59(60)64-58)40-23-11-4-12-24-40/h1-32,47,61-62H,33-36H2. The fourth-order valence-corrected chi connectivity index (χ4v) is 11.5. The molecule has 2 atom stereocenters. The summed E-state index contributed by atoms with van der Waals surface area (Å²) in [5.41, 5.74) is 19.3. The van der Waals surface area contributed by atoms with Gasteiger partial charge in [-0.15, -0.1) is 0 Å². The monoisotopic (exact) mass is 865 g/mol. The third-order valence-corrected chi connectivity index (χ3v) is 14.6. The lowest BCUT2D eigenvalue weighted by Gasteiger charge is -2.34. The second kappa shape index (κ2) is 15.4. The van der Waals surface area contributed by atoms with Crippen molar-refractivity contribution in [2.24, 2.45) is 0 Å². The van der Waals surface area contributed by atoms with Crippen LogP contribution in [0, 0.1) is 10.1 Å². The van der Waals surface area contributed by atoms with Crippen LogP contribution in [0.5, 0.6) is 0 Å². The quantitative estimate of drug-likeness (QED) is 0.133. The number of benzene rings is 6. The molecule has 2 aliphatic carbocycles. The van der Waals surface area contributed by atoms with E-state index in [1.54, 1.807) is 0 Å². The summed E-state index contributed by atoms with van der Waals surface area (Å²) < 4.78 is 0. The van der Waals surface area contributed by atoms with Crippen LogP contribution in [-0.4, -0.2) is 24.9 Å². The van der Waals surface area contributed by atoms with E-state index >= 15 is 0 Å². The molecule has 3 aromatic heterocycles. The second-order valence-electron chi connectivity index (χ2n) is 18.2. The van der Waals surface area contributed by atoms with Gasteiger partial charge in [0.1, 0.15) is 5.69 Å². The van der Waals surface area contributed by atoms with Gasteiger partial charge in [-0.3, -0.25) is 10.1 Å². The number of allylic oxidation sites excluding steroid dienone is 2. The molecule has 7 heteroatoms. The molecule has 6 aromatic carbocycles. The molecule has 0 radical (unpaired) electrons. The molecule has 67 heavy (non-hydrogen) atoms. The highest BCUT2D eigenvalue weighted by atomic mass is 16.6. The Morgan fingerprint density at radius 3 is 1.31 bits per heavy atom. The first-order valence-corrected chi connectivity index (χ1v) is 23.1. The van der Waals surface area contributed by atoms with Crippen LogP contribution in [0.4, 0.5) is 0 Å². The van der Waals surface area contributed by atoms with E-state index in [2.05, 4.69) is 149 Å². The molecule has 0 saturated carbocycles. The molecule has 8 bridgehead atoms. The molecule has 0 saturated heterocycles. The normalized spacial score (nSPS) is 17.0. The molecular weight excluding hydrogens is 823 g/mol. The number of aromatic amines is 2. The largest absolute Gasteiger partial charge is 0.354 e. The van der Waals surface area contributed by atoms with Crippen molar-refractivity contribution in [2.75, 3.05) is 0 Å². The Morgan fingerprint density at radius 1 is 0.448 bits per heavy atom. The number of H-pyrrole nitrogens is 2. The van der Waals surface area contributed by atoms with E-state index in [9.17, 15) is 10.1 Å². The molecule has 2 aliphatic heterocycles. The smallest absolute Gasteiger partial charge is 0.276 e. The summed E-state index contributed by atoms with van der Waals surface area (Å²) in [6.07, 6.45) is 2.13. The lowest BCUT2D eigenvalue weighted by Crippen LogP contribution is -2.45. The van der Waals surface area contributed by atoms with Crippen LogP contribution >= 0.6 is 0 Å². The topological polar surface area (TPSA) is 100 Å². The Balaban J connectivity index is 1.27. The highest BCUT2D eigenvalue weighted by molar-refractivity contribution is 6.06. The summed E-state index contributed by atoms with van der Waals surface area (Å²) >= 11 is 0. The average molecular weight is 866 g/mol. The van der Waals surface area contributed by atoms with Crippen molar-refractivity contribution >= 4 is 33.2 Å². The van der Waals surface area contributed by atoms with Crippen LogP contribution in [-0.2, 0) is 31.2 Å². The molecule has 9 aromatic rings. The van der Waals surface area contributed by atoms with Gasteiger partial charge in [0.25, 0.3) is 5.54 Å². The molecule has 2 unspecified atom stereocenters.